The van der Waals surface area contributed by atoms with E-state index in [9.17, 15) is 9.59 Å². The monoisotopic (exact) mass is 248 g/mol. The number of benzene rings is 1. The minimum atomic E-state index is -0.386. The Bertz CT molecular complexity index is 499. The molecule has 1 aliphatic rings. The first-order valence-corrected chi connectivity index (χ1v) is 5.78. The SMILES string of the molecule is COC(=O)C1CC(=O)N(c2cccc(N)c2C)C1. The highest BCUT2D eigenvalue weighted by atomic mass is 16.5. The number of methoxy groups -OCH3 is 1. The normalized spacial score (nSPS) is 19.1. The van der Waals surface area contributed by atoms with Crippen molar-refractivity contribution in [1.82, 2.24) is 0 Å². The number of carbonyl (C=O) groups is 2. The fraction of sp³-hybridized carbons (Fsp3) is 0.385. The molecule has 18 heavy (non-hydrogen) atoms. The predicted octanol–water partition coefficient (Wildman–Crippen LogP) is 1.10. The topological polar surface area (TPSA) is 72.6 Å². The molecule has 2 N–H and O–H groups in total. The van der Waals surface area contributed by atoms with E-state index in [-0.39, 0.29) is 24.2 Å². The zero-order valence-corrected chi connectivity index (χ0v) is 10.5. The molecule has 1 heterocycles. The van der Waals surface area contributed by atoms with E-state index in [4.69, 9.17) is 5.73 Å². The maximum atomic E-state index is 11.9. The quantitative estimate of drug-likeness (QED) is 0.628. The molecule has 0 spiro atoms. The maximum Gasteiger partial charge on any atom is 0.311 e. The number of anilines is 2. The molecule has 0 aromatic heterocycles. The average Bonchev–Trinajstić information content (AvgIpc) is 2.74. The lowest BCUT2D eigenvalue weighted by molar-refractivity contribution is -0.145. The highest BCUT2D eigenvalue weighted by Crippen LogP contribution is 2.30. The van der Waals surface area contributed by atoms with Gasteiger partial charge in [0, 0.05) is 24.3 Å². The summed E-state index contributed by atoms with van der Waals surface area (Å²) in [5.74, 6) is -0.796. The average molecular weight is 248 g/mol. The fourth-order valence-corrected chi connectivity index (χ4v) is 2.20. The van der Waals surface area contributed by atoms with Crippen molar-refractivity contribution in [3.8, 4) is 0 Å². The first kappa shape index (κ1) is 12.4. The summed E-state index contributed by atoms with van der Waals surface area (Å²) in [6.45, 7) is 2.22. The molecule has 1 saturated heterocycles. The van der Waals surface area contributed by atoms with Gasteiger partial charge < -0.3 is 15.4 Å². The molecule has 1 aromatic carbocycles. The first-order chi connectivity index (χ1) is 8.54. The van der Waals surface area contributed by atoms with Gasteiger partial charge in [-0.3, -0.25) is 9.59 Å². The molecular weight excluding hydrogens is 232 g/mol. The lowest BCUT2D eigenvalue weighted by Gasteiger charge is -2.19. The molecule has 5 heteroatoms. The van der Waals surface area contributed by atoms with Crippen LogP contribution in [0, 0.1) is 12.8 Å². The largest absolute Gasteiger partial charge is 0.469 e. The third-order valence-corrected chi connectivity index (χ3v) is 3.30. The number of nitrogens with zero attached hydrogens (tertiary/aromatic N) is 1. The third kappa shape index (κ3) is 2.03. The Kier molecular flexibility index (Phi) is 3.23. The van der Waals surface area contributed by atoms with Crippen molar-refractivity contribution in [3.63, 3.8) is 0 Å². The zero-order valence-electron chi connectivity index (χ0n) is 10.5. The third-order valence-electron chi connectivity index (χ3n) is 3.30. The van der Waals surface area contributed by atoms with Crippen molar-refractivity contribution in [1.29, 1.82) is 0 Å². The number of esters is 1. The summed E-state index contributed by atoms with van der Waals surface area (Å²) in [6.07, 6.45) is 0.195. The van der Waals surface area contributed by atoms with E-state index in [1.165, 1.54) is 7.11 Å². The van der Waals surface area contributed by atoms with E-state index in [0.29, 0.717) is 12.2 Å². The number of nitrogen functional groups attached to an aromatic ring is 1. The van der Waals surface area contributed by atoms with Crippen molar-refractivity contribution in [3.05, 3.63) is 23.8 Å². The van der Waals surface area contributed by atoms with Crippen LogP contribution < -0.4 is 10.6 Å². The van der Waals surface area contributed by atoms with Crippen molar-refractivity contribution < 1.29 is 14.3 Å². The van der Waals surface area contributed by atoms with E-state index in [1.807, 2.05) is 13.0 Å². The molecule has 96 valence electrons. The summed E-state index contributed by atoms with van der Waals surface area (Å²) < 4.78 is 4.68. The van der Waals surface area contributed by atoms with Crippen LogP contribution in [0.15, 0.2) is 18.2 Å². The Morgan fingerprint density at radius 1 is 1.50 bits per heavy atom. The molecule has 1 fully saturated rings. The number of rotatable bonds is 2. The van der Waals surface area contributed by atoms with Gasteiger partial charge in [0.15, 0.2) is 0 Å². The Hall–Kier alpha value is -2.04. The molecule has 5 nitrogen and oxygen atoms in total. The molecule has 1 amide bonds. The smallest absolute Gasteiger partial charge is 0.311 e. The summed E-state index contributed by atoms with van der Waals surface area (Å²) in [7, 11) is 1.33. The highest BCUT2D eigenvalue weighted by Gasteiger charge is 2.36. The van der Waals surface area contributed by atoms with Gasteiger partial charge in [0.25, 0.3) is 0 Å². The minimum Gasteiger partial charge on any atom is -0.469 e. The number of amides is 1. The zero-order chi connectivity index (χ0) is 13.3. The number of ether oxygens (including phenoxy) is 1. The molecule has 1 atom stereocenters. The van der Waals surface area contributed by atoms with Gasteiger partial charge in [-0.2, -0.15) is 0 Å². The van der Waals surface area contributed by atoms with Gasteiger partial charge in [0.1, 0.15) is 0 Å². The van der Waals surface area contributed by atoms with Crippen LogP contribution >= 0.6 is 0 Å². The fourth-order valence-electron chi connectivity index (χ4n) is 2.20. The Labute approximate surface area is 106 Å². The van der Waals surface area contributed by atoms with Crippen molar-refractivity contribution in [2.75, 3.05) is 24.3 Å². The number of hydrogen-bond acceptors (Lipinski definition) is 4. The minimum absolute atomic E-state index is 0.0703. The van der Waals surface area contributed by atoms with Gasteiger partial charge in [0.2, 0.25) is 5.91 Å². The molecular formula is C13H16N2O3. The summed E-state index contributed by atoms with van der Waals surface area (Å²) in [5, 5.41) is 0. The van der Waals surface area contributed by atoms with Gasteiger partial charge in [-0.1, -0.05) is 6.07 Å². The summed E-state index contributed by atoms with van der Waals surface area (Å²) in [4.78, 5) is 25.0. The second-order valence-electron chi connectivity index (χ2n) is 4.42. The summed E-state index contributed by atoms with van der Waals surface area (Å²) >= 11 is 0. The molecule has 2 rings (SSSR count). The molecule has 1 aliphatic heterocycles. The standard InChI is InChI=1S/C13H16N2O3/c1-8-10(14)4-3-5-11(8)15-7-9(6-12(15)16)13(17)18-2/h3-5,9H,6-7,14H2,1-2H3. The van der Waals surface area contributed by atoms with E-state index in [0.717, 1.165) is 11.3 Å². The van der Waals surface area contributed by atoms with Crippen LogP contribution in [-0.4, -0.2) is 25.5 Å². The first-order valence-electron chi connectivity index (χ1n) is 5.78. The van der Waals surface area contributed by atoms with Gasteiger partial charge in [0.05, 0.1) is 13.0 Å². The molecule has 0 aliphatic carbocycles. The summed E-state index contributed by atoms with van der Waals surface area (Å²) in [5.41, 5.74) is 8.09. The van der Waals surface area contributed by atoms with Gasteiger partial charge in [-0.05, 0) is 24.6 Å². The van der Waals surface area contributed by atoms with Crippen molar-refractivity contribution in [2.24, 2.45) is 5.92 Å². The Balaban J connectivity index is 2.27. The van der Waals surface area contributed by atoms with Crippen LogP contribution in [-0.2, 0) is 14.3 Å². The van der Waals surface area contributed by atoms with Gasteiger partial charge in [-0.25, -0.2) is 0 Å². The molecule has 0 bridgehead atoms. The van der Waals surface area contributed by atoms with Crippen LogP contribution in [0.5, 0.6) is 0 Å². The Morgan fingerprint density at radius 3 is 2.89 bits per heavy atom. The van der Waals surface area contributed by atoms with Crippen LogP contribution in [0.1, 0.15) is 12.0 Å². The molecule has 1 unspecified atom stereocenters. The van der Waals surface area contributed by atoms with Crippen LogP contribution in [0.2, 0.25) is 0 Å². The molecule has 0 saturated carbocycles. The molecule has 0 radical (unpaired) electrons. The maximum absolute atomic E-state index is 11.9. The second-order valence-corrected chi connectivity index (χ2v) is 4.42. The second kappa shape index (κ2) is 4.68. The lowest BCUT2D eigenvalue weighted by atomic mass is 10.1. The van der Waals surface area contributed by atoms with E-state index >= 15 is 0 Å². The lowest BCUT2D eigenvalue weighted by Crippen LogP contribution is -2.27. The molecule has 1 aromatic rings. The van der Waals surface area contributed by atoms with E-state index < -0.39 is 0 Å². The van der Waals surface area contributed by atoms with Crippen LogP contribution in [0.3, 0.4) is 0 Å². The van der Waals surface area contributed by atoms with Gasteiger partial charge in [-0.15, -0.1) is 0 Å². The van der Waals surface area contributed by atoms with Crippen molar-refractivity contribution in [2.45, 2.75) is 13.3 Å². The summed E-state index contributed by atoms with van der Waals surface area (Å²) in [6, 6.07) is 5.43. The number of carbonyl (C=O) groups excluding carboxylic acids is 2. The number of nitrogens with two attached hydrogens (primary N) is 1. The van der Waals surface area contributed by atoms with E-state index in [1.54, 1.807) is 17.0 Å². The number of hydrogen-bond donors (Lipinski definition) is 1. The van der Waals surface area contributed by atoms with Gasteiger partial charge >= 0.3 is 5.97 Å². The Morgan fingerprint density at radius 2 is 2.22 bits per heavy atom. The van der Waals surface area contributed by atoms with Crippen LogP contribution in [0.4, 0.5) is 11.4 Å². The van der Waals surface area contributed by atoms with Crippen LogP contribution in [0.25, 0.3) is 0 Å². The highest BCUT2D eigenvalue weighted by molar-refractivity contribution is 6.00. The van der Waals surface area contributed by atoms with Crippen molar-refractivity contribution >= 4 is 23.3 Å². The van der Waals surface area contributed by atoms with E-state index in [2.05, 4.69) is 4.74 Å². The predicted molar refractivity (Wildman–Crippen MR) is 68.1 cm³/mol.